The van der Waals surface area contributed by atoms with E-state index in [0.29, 0.717) is 23.8 Å². The Hall–Kier alpha value is -3.51. The average molecular weight is 641 g/mol. The van der Waals surface area contributed by atoms with Crippen LogP contribution < -0.4 is 10.6 Å². The van der Waals surface area contributed by atoms with Gasteiger partial charge in [-0.2, -0.15) is 13.2 Å². The molecule has 0 radical (unpaired) electrons. The molecule has 0 spiro atoms. The highest BCUT2D eigenvalue weighted by Crippen LogP contribution is 2.31. The third kappa shape index (κ3) is 8.85. The summed E-state index contributed by atoms with van der Waals surface area (Å²) in [6.07, 6.45) is 11.0. The van der Waals surface area contributed by atoms with Crippen LogP contribution in [0.25, 0.3) is 0 Å². The number of pyridine rings is 1. The summed E-state index contributed by atoms with van der Waals surface area (Å²) in [5.41, 5.74) is 0.0314. The van der Waals surface area contributed by atoms with E-state index in [1.165, 1.54) is 88.3 Å². The number of carbonyl (C=O) groups excluding carboxylic acids is 1. The predicted molar refractivity (Wildman–Crippen MR) is 172 cm³/mol. The molecule has 9 nitrogen and oxygen atoms in total. The first-order valence-electron chi connectivity index (χ1n) is 16.7. The molecule has 1 aliphatic carbocycles. The van der Waals surface area contributed by atoms with Gasteiger partial charge in [0.15, 0.2) is 5.82 Å². The molecule has 1 saturated heterocycles. The van der Waals surface area contributed by atoms with Crippen LogP contribution >= 0.6 is 0 Å². The summed E-state index contributed by atoms with van der Waals surface area (Å²) >= 11 is 0. The third-order valence-corrected chi connectivity index (χ3v) is 9.37. The standard InChI is InChI=1S/C34H47F3N8O/c1-43(23-26-14-12-19-38-31(26)34(35,36)37)33(46)25-13-11-15-27(21-25)39-22-30-41-42-32(44(30)2)29-18-20-45(24-40-29)28-16-9-7-5-3-4-6-8-10-17-28/h11-15,19,21,28-29,39-40H,3-10,16-18,20,22-24H2,1-2H3. The lowest BCUT2D eigenvalue weighted by Gasteiger charge is -2.38. The van der Waals surface area contributed by atoms with Gasteiger partial charge >= 0.3 is 6.18 Å². The molecular formula is C34H47F3N8O. The van der Waals surface area contributed by atoms with Crippen LogP contribution in [-0.4, -0.2) is 61.8 Å². The number of carbonyl (C=O) groups is 1. The van der Waals surface area contributed by atoms with Gasteiger partial charge < -0.3 is 14.8 Å². The van der Waals surface area contributed by atoms with Crippen LogP contribution in [0.4, 0.5) is 18.9 Å². The normalized spacial score (nSPS) is 19.4. The Morgan fingerprint density at radius 3 is 2.39 bits per heavy atom. The zero-order valence-corrected chi connectivity index (χ0v) is 27.0. The maximum Gasteiger partial charge on any atom is 0.433 e. The van der Waals surface area contributed by atoms with E-state index in [1.54, 1.807) is 18.2 Å². The third-order valence-electron chi connectivity index (χ3n) is 9.37. The van der Waals surface area contributed by atoms with Gasteiger partial charge in [-0.25, -0.2) is 0 Å². The number of anilines is 1. The molecule has 2 aromatic heterocycles. The molecule has 46 heavy (non-hydrogen) atoms. The average Bonchev–Trinajstić information content (AvgIpc) is 3.39. The van der Waals surface area contributed by atoms with Crippen molar-refractivity contribution in [2.24, 2.45) is 7.05 Å². The molecule has 2 fully saturated rings. The van der Waals surface area contributed by atoms with Gasteiger partial charge in [0.1, 0.15) is 11.5 Å². The first kappa shape index (κ1) is 33.8. The number of nitrogens with one attached hydrogen (secondary N) is 2. The number of halogens is 3. The molecule has 5 rings (SSSR count). The van der Waals surface area contributed by atoms with Crippen LogP contribution in [0, 0.1) is 0 Å². The summed E-state index contributed by atoms with van der Waals surface area (Å²) < 4.78 is 42.2. The van der Waals surface area contributed by atoms with E-state index in [2.05, 4.69) is 30.7 Å². The van der Waals surface area contributed by atoms with Crippen molar-refractivity contribution in [3.63, 3.8) is 0 Å². The van der Waals surface area contributed by atoms with Crippen molar-refractivity contribution < 1.29 is 18.0 Å². The molecule has 12 heteroatoms. The van der Waals surface area contributed by atoms with Gasteiger partial charge in [-0.15, -0.1) is 10.2 Å². The van der Waals surface area contributed by atoms with Crippen LogP contribution in [0.2, 0.25) is 0 Å². The largest absolute Gasteiger partial charge is 0.433 e. The molecule has 1 atom stereocenters. The Balaban J connectivity index is 1.14. The minimum atomic E-state index is -4.59. The van der Waals surface area contributed by atoms with Crippen LogP contribution in [0.1, 0.15) is 110 Å². The molecule has 1 aromatic carbocycles. The SMILES string of the molecule is CN(Cc1cccnc1C(F)(F)F)C(=O)c1cccc(NCc2nnc(C3CCN(C4CCCCCCCCCC4)CN3)n2C)c1. The second-order valence-electron chi connectivity index (χ2n) is 12.7. The van der Waals surface area contributed by atoms with Crippen molar-refractivity contribution in [3.05, 3.63) is 71.1 Å². The highest BCUT2D eigenvalue weighted by atomic mass is 19.4. The molecule has 3 heterocycles. The lowest BCUT2D eigenvalue weighted by molar-refractivity contribution is -0.142. The van der Waals surface area contributed by atoms with E-state index in [4.69, 9.17) is 0 Å². The van der Waals surface area contributed by atoms with Crippen molar-refractivity contribution >= 4 is 11.6 Å². The minimum absolute atomic E-state index is 0.0561. The van der Waals surface area contributed by atoms with Gasteiger partial charge in [-0.1, -0.05) is 63.5 Å². The van der Waals surface area contributed by atoms with Crippen molar-refractivity contribution in [1.82, 2.24) is 34.9 Å². The lowest BCUT2D eigenvalue weighted by atomic mass is 9.99. The smallest absolute Gasteiger partial charge is 0.378 e. The molecule has 1 aliphatic heterocycles. The second kappa shape index (κ2) is 15.9. The summed E-state index contributed by atoms with van der Waals surface area (Å²) in [6, 6.07) is 10.5. The first-order chi connectivity index (χ1) is 22.2. The first-order valence-corrected chi connectivity index (χ1v) is 16.7. The Morgan fingerprint density at radius 1 is 1.00 bits per heavy atom. The quantitative estimate of drug-likeness (QED) is 0.284. The molecule has 250 valence electrons. The zero-order valence-electron chi connectivity index (χ0n) is 27.0. The zero-order chi connectivity index (χ0) is 32.5. The number of rotatable bonds is 8. The van der Waals surface area contributed by atoms with E-state index in [9.17, 15) is 18.0 Å². The number of hydrogen-bond donors (Lipinski definition) is 2. The second-order valence-corrected chi connectivity index (χ2v) is 12.7. The number of nitrogens with zero attached hydrogens (tertiary/aromatic N) is 6. The van der Waals surface area contributed by atoms with Crippen molar-refractivity contribution in [2.45, 2.75) is 102 Å². The van der Waals surface area contributed by atoms with Crippen LogP contribution in [0.3, 0.4) is 0 Å². The van der Waals surface area contributed by atoms with Crippen LogP contribution in [-0.2, 0) is 26.3 Å². The van der Waals surface area contributed by atoms with Gasteiger partial charge in [0.2, 0.25) is 0 Å². The summed E-state index contributed by atoms with van der Waals surface area (Å²) in [6.45, 7) is 2.11. The topological polar surface area (TPSA) is 91.2 Å². The molecule has 1 saturated carbocycles. The fraction of sp³-hybridized carbons (Fsp3) is 0.588. The van der Waals surface area contributed by atoms with Crippen molar-refractivity contribution in [3.8, 4) is 0 Å². The van der Waals surface area contributed by atoms with Gasteiger partial charge in [0, 0.05) is 62.9 Å². The maximum atomic E-state index is 13.4. The molecule has 1 unspecified atom stereocenters. The van der Waals surface area contributed by atoms with E-state index < -0.39 is 11.9 Å². The molecule has 0 bridgehead atoms. The van der Waals surface area contributed by atoms with Crippen molar-refractivity contribution in [2.75, 3.05) is 25.6 Å². The number of hydrogen-bond acceptors (Lipinski definition) is 7. The Labute approximate surface area is 270 Å². The lowest BCUT2D eigenvalue weighted by Crippen LogP contribution is -2.48. The Bertz CT molecular complexity index is 1410. The highest BCUT2D eigenvalue weighted by molar-refractivity contribution is 5.95. The van der Waals surface area contributed by atoms with Gasteiger partial charge in [0.05, 0.1) is 12.6 Å². The van der Waals surface area contributed by atoms with Gasteiger partial charge in [0.25, 0.3) is 5.91 Å². The van der Waals surface area contributed by atoms with Crippen molar-refractivity contribution in [1.29, 1.82) is 0 Å². The fourth-order valence-electron chi connectivity index (χ4n) is 6.71. The molecule has 2 N–H and O–H groups in total. The summed E-state index contributed by atoms with van der Waals surface area (Å²) in [4.78, 5) is 20.5. The maximum absolute atomic E-state index is 13.4. The Morgan fingerprint density at radius 2 is 1.72 bits per heavy atom. The van der Waals surface area contributed by atoms with Gasteiger partial charge in [-0.3, -0.25) is 20.0 Å². The predicted octanol–water partition coefficient (Wildman–Crippen LogP) is 6.69. The Kier molecular flexibility index (Phi) is 11.7. The van der Waals surface area contributed by atoms with Crippen LogP contribution in [0.5, 0.6) is 0 Å². The number of benzene rings is 1. The van der Waals surface area contributed by atoms with Crippen LogP contribution in [0.15, 0.2) is 42.6 Å². The number of aromatic nitrogens is 4. The molecule has 3 aromatic rings. The highest BCUT2D eigenvalue weighted by Gasteiger charge is 2.35. The van der Waals surface area contributed by atoms with E-state index >= 15 is 0 Å². The molecular weight excluding hydrogens is 593 g/mol. The summed E-state index contributed by atoms with van der Waals surface area (Å²) in [5.74, 6) is 1.30. The van der Waals surface area contributed by atoms with E-state index in [1.807, 2.05) is 17.7 Å². The number of alkyl halides is 3. The minimum Gasteiger partial charge on any atom is -0.378 e. The molecule has 1 amide bonds. The summed E-state index contributed by atoms with van der Waals surface area (Å²) in [5, 5.41) is 16.0. The summed E-state index contributed by atoms with van der Waals surface area (Å²) in [7, 11) is 3.46. The number of amides is 1. The monoisotopic (exact) mass is 640 g/mol. The van der Waals surface area contributed by atoms with E-state index in [0.717, 1.165) is 37.5 Å². The van der Waals surface area contributed by atoms with Gasteiger partial charge in [-0.05, 0) is 43.5 Å². The van der Waals surface area contributed by atoms with E-state index in [-0.39, 0.29) is 24.1 Å². The fourth-order valence-corrected chi connectivity index (χ4v) is 6.71. The molecule has 2 aliphatic rings.